The molecule has 5 nitrogen and oxygen atoms in total. The van der Waals surface area contributed by atoms with Gasteiger partial charge in [-0.3, -0.25) is 9.69 Å². The molecule has 1 aliphatic heterocycles. The van der Waals surface area contributed by atoms with Crippen LogP contribution in [0.3, 0.4) is 0 Å². The smallest absolute Gasteiger partial charge is 0.241 e. The molecule has 1 atom stereocenters. The van der Waals surface area contributed by atoms with E-state index in [0.717, 1.165) is 31.9 Å². The van der Waals surface area contributed by atoms with Gasteiger partial charge < -0.3 is 10.2 Å². The highest BCUT2D eigenvalue weighted by Gasteiger charge is 2.26. The zero-order chi connectivity index (χ0) is 18.5. The molecule has 1 amide bonds. The first-order valence-corrected chi connectivity index (χ1v) is 8.63. The zero-order valence-corrected chi connectivity index (χ0v) is 14.7. The minimum atomic E-state index is -0.294. The van der Waals surface area contributed by atoms with E-state index in [1.165, 1.54) is 12.1 Å². The number of anilines is 2. The number of hydrogen-bond acceptors (Lipinski definition) is 4. The maximum absolute atomic E-state index is 13.1. The van der Waals surface area contributed by atoms with Crippen LogP contribution < -0.4 is 10.2 Å². The van der Waals surface area contributed by atoms with Crippen LogP contribution in [0, 0.1) is 17.1 Å². The number of nitrogens with zero attached hydrogens (tertiary/aromatic N) is 3. The van der Waals surface area contributed by atoms with E-state index in [-0.39, 0.29) is 17.8 Å². The quantitative estimate of drug-likeness (QED) is 0.919. The highest BCUT2D eigenvalue weighted by molar-refractivity contribution is 5.95. The first-order chi connectivity index (χ1) is 12.6. The van der Waals surface area contributed by atoms with Gasteiger partial charge in [-0.05, 0) is 43.3 Å². The molecule has 134 valence electrons. The average Bonchev–Trinajstić information content (AvgIpc) is 2.68. The molecule has 1 saturated heterocycles. The van der Waals surface area contributed by atoms with E-state index < -0.39 is 0 Å². The monoisotopic (exact) mass is 352 g/mol. The minimum absolute atomic E-state index is 0.122. The van der Waals surface area contributed by atoms with Gasteiger partial charge in [0.25, 0.3) is 0 Å². The maximum atomic E-state index is 13.1. The van der Waals surface area contributed by atoms with Crippen molar-refractivity contribution in [3.63, 3.8) is 0 Å². The van der Waals surface area contributed by atoms with Crippen molar-refractivity contribution < 1.29 is 9.18 Å². The number of nitriles is 1. The maximum Gasteiger partial charge on any atom is 0.241 e. The Bertz CT molecular complexity index is 807. The Labute approximate surface area is 152 Å². The zero-order valence-electron chi connectivity index (χ0n) is 14.7. The molecular formula is C20H21FN4O. The fourth-order valence-corrected chi connectivity index (χ4v) is 3.11. The molecule has 3 rings (SSSR count). The second-order valence-electron chi connectivity index (χ2n) is 6.32. The molecule has 0 saturated carbocycles. The standard InChI is InChI=1S/C20H21FN4O/c1-15(20(26)23-19-5-3-2-4-16(19)14-22)24-10-12-25(13-11-24)18-8-6-17(21)7-9-18/h2-9,15H,10-13H2,1H3,(H,23,26). The van der Waals surface area contributed by atoms with Gasteiger partial charge in [0.15, 0.2) is 0 Å². The minimum Gasteiger partial charge on any atom is -0.369 e. The Balaban J connectivity index is 1.57. The second kappa shape index (κ2) is 7.98. The molecule has 2 aromatic rings. The van der Waals surface area contributed by atoms with Gasteiger partial charge in [0.2, 0.25) is 5.91 Å². The number of hydrogen-bond donors (Lipinski definition) is 1. The fraction of sp³-hybridized carbons (Fsp3) is 0.300. The molecule has 0 radical (unpaired) electrons. The first kappa shape index (κ1) is 17.9. The lowest BCUT2D eigenvalue weighted by atomic mass is 10.1. The van der Waals surface area contributed by atoms with Crippen LogP contribution in [0.4, 0.5) is 15.8 Å². The van der Waals surface area contributed by atoms with Crippen LogP contribution >= 0.6 is 0 Å². The largest absolute Gasteiger partial charge is 0.369 e. The first-order valence-electron chi connectivity index (χ1n) is 8.63. The lowest BCUT2D eigenvalue weighted by Gasteiger charge is -2.38. The number of para-hydroxylation sites is 1. The summed E-state index contributed by atoms with van der Waals surface area (Å²) in [6, 6.07) is 15.3. The summed E-state index contributed by atoms with van der Waals surface area (Å²) in [6.07, 6.45) is 0. The lowest BCUT2D eigenvalue weighted by molar-refractivity contribution is -0.120. The summed E-state index contributed by atoms with van der Waals surface area (Å²) in [7, 11) is 0. The molecule has 1 heterocycles. The predicted molar refractivity (Wildman–Crippen MR) is 99.4 cm³/mol. The van der Waals surface area contributed by atoms with Gasteiger partial charge in [-0.25, -0.2) is 4.39 Å². The van der Waals surface area contributed by atoms with Gasteiger partial charge in [-0.2, -0.15) is 5.26 Å². The third-order valence-electron chi connectivity index (χ3n) is 4.74. The highest BCUT2D eigenvalue weighted by atomic mass is 19.1. The van der Waals surface area contributed by atoms with Crippen molar-refractivity contribution in [1.82, 2.24) is 4.90 Å². The van der Waals surface area contributed by atoms with Crippen molar-refractivity contribution in [2.45, 2.75) is 13.0 Å². The third kappa shape index (κ3) is 4.01. The molecule has 1 fully saturated rings. The summed E-state index contributed by atoms with van der Waals surface area (Å²) < 4.78 is 13.1. The van der Waals surface area contributed by atoms with E-state index in [1.54, 1.807) is 36.4 Å². The van der Waals surface area contributed by atoms with E-state index in [0.29, 0.717) is 11.3 Å². The van der Waals surface area contributed by atoms with Gasteiger partial charge in [0.1, 0.15) is 11.9 Å². The van der Waals surface area contributed by atoms with E-state index in [9.17, 15) is 9.18 Å². The molecular weight excluding hydrogens is 331 g/mol. The normalized spacial score (nSPS) is 16.0. The molecule has 0 aromatic heterocycles. The van der Waals surface area contributed by atoms with Crippen LogP contribution in [0.15, 0.2) is 48.5 Å². The van der Waals surface area contributed by atoms with Crippen LogP contribution in [-0.4, -0.2) is 43.0 Å². The van der Waals surface area contributed by atoms with Gasteiger partial charge >= 0.3 is 0 Å². The molecule has 1 aliphatic rings. The third-order valence-corrected chi connectivity index (χ3v) is 4.74. The van der Waals surface area contributed by atoms with Crippen LogP contribution in [0.2, 0.25) is 0 Å². The fourth-order valence-electron chi connectivity index (χ4n) is 3.11. The lowest BCUT2D eigenvalue weighted by Crippen LogP contribution is -2.52. The molecule has 0 aliphatic carbocycles. The molecule has 1 unspecified atom stereocenters. The second-order valence-corrected chi connectivity index (χ2v) is 6.32. The molecule has 26 heavy (non-hydrogen) atoms. The summed E-state index contributed by atoms with van der Waals surface area (Å²) >= 11 is 0. The summed E-state index contributed by atoms with van der Waals surface area (Å²) in [6.45, 7) is 4.91. The van der Waals surface area contributed by atoms with E-state index in [4.69, 9.17) is 5.26 Å². The molecule has 1 N–H and O–H groups in total. The highest BCUT2D eigenvalue weighted by Crippen LogP contribution is 2.19. The topological polar surface area (TPSA) is 59.4 Å². The number of halogens is 1. The van der Waals surface area contributed by atoms with Crippen LogP contribution in [0.5, 0.6) is 0 Å². The molecule has 6 heteroatoms. The Morgan fingerprint density at radius 3 is 2.42 bits per heavy atom. The number of carbonyl (C=O) groups excluding carboxylic acids is 1. The summed E-state index contributed by atoms with van der Waals surface area (Å²) in [4.78, 5) is 16.9. The number of carbonyl (C=O) groups is 1. The summed E-state index contributed by atoms with van der Waals surface area (Å²) in [5, 5.41) is 12.0. The van der Waals surface area contributed by atoms with Crippen molar-refractivity contribution in [3.8, 4) is 6.07 Å². The van der Waals surface area contributed by atoms with Crippen molar-refractivity contribution >= 4 is 17.3 Å². The number of amides is 1. The van der Waals surface area contributed by atoms with E-state index >= 15 is 0 Å². The van der Waals surface area contributed by atoms with Gasteiger partial charge in [0.05, 0.1) is 17.3 Å². The van der Waals surface area contributed by atoms with Crippen molar-refractivity contribution in [1.29, 1.82) is 5.26 Å². The van der Waals surface area contributed by atoms with Crippen molar-refractivity contribution in [2.24, 2.45) is 0 Å². The van der Waals surface area contributed by atoms with Crippen molar-refractivity contribution in [3.05, 3.63) is 59.9 Å². The van der Waals surface area contributed by atoms with Gasteiger partial charge in [-0.15, -0.1) is 0 Å². The Morgan fingerprint density at radius 2 is 1.77 bits per heavy atom. The molecule has 0 spiro atoms. The Kier molecular flexibility index (Phi) is 5.49. The number of nitrogens with one attached hydrogen (secondary N) is 1. The number of piperazine rings is 1. The number of benzene rings is 2. The van der Waals surface area contributed by atoms with E-state index in [2.05, 4.69) is 21.2 Å². The summed E-state index contributed by atoms with van der Waals surface area (Å²) in [5.74, 6) is -0.363. The van der Waals surface area contributed by atoms with E-state index in [1.807, 2.05) is 6.92 Å². The molecule has 0 bridgehead atoms. The Morgan fingerprint density at radius 1 is 1.12 bits per heavy atom. The van der Waals surface area contributed by atoms with Crippen LogP contribution in [-0.2, 0) is 4.79 Å². The van der Waals surface area contributed by atoms with Crippen LogP contribution in [0.25, 0.3) is 0 Å². The Hall–Kier alpha value is -2.91. The van der Waals surface area contributed by atoms with Gasteiger partial charge in [-0.1, -0.05) is 12.1 Å². The average molecular weight is 352 g/mol. The van der Waals surface area contributed by atoms with Gasteiger partial charge in [0, 0.05) is 31.9 Å². The summed E-state index contributed by atoms with van der Waals surface area (Å²) in [5.41, 5.74) is 1.98. The van der Waals surface area contributed by atoms with Crippen LogP contribution in [0.1, 0.15) is 12.5 Å². The SMILES string of the molecule is CC(C(=O)Nc1ccccc1C#N)N1CCN(c2ccc(F)cc2)CC1. The predicted octanol–water partition coefficient (Wildman–Crippen LogP) is 2.85. The molecule has 2 aromatic carbocycles. The number of rotatable bonds is 4. The van der Waals surface area contributed by atoms with Crippen molar-refractivity contribution in [2.75, 3.05) is 36.4 Å².